The van der Waals surface area contributed by atoms with Gasteiger partial charge in [-0.25, -0.2) is 14.6 Å². The Bertz CT molecular complexity index is 1050. The van der Waals surface area contributed by atoms with Crippen molar-refractivity contribution < 1.29 is 34.2 Å². The number of β-lactam (4-membered cyclic amide) rings is 1. The van der Waals surface area contributed by atoms with Gasteiger partial charge >= 0.3 is 11.9 Å². The van der Waals surface area contributed by atoms with Gasteiger partial charge < -0.3 is 26.1 Å². The molecule has 32 heavy (non-hydrogen) atoms. The van der Waals surface area contributed by atoms with Crippen LogP contribution in [0.25, 0.3) is 0 Å². The van der Waals surface area contributed by atoms with E-state index in [9.17, 15) is 29.5 Å². The highest BCUT2D eigenvalue weighted by atomic mass is 35.5. The van der Waals surface area contributed by atoms with Crippen molar-refractivity contribution in [1.29, 1.82) is 0 Å². The number of carbonyl (C=O) groups excluding carboxylic acids is 3. The summed E-state index contributed by atoms with van der Waals surface area (Å²) in [5, 5.41) is 25.0. The first-order valence-corrected chi connectivity index (χ1v) is 10.6. The lowest BCUT2D eigenvalue weighted by Crippen LogP contribution is -2.71. The second-order valence-corrected chi connectivity index (χ2v) is 8.49. The normalized spacial score (nSPS) is 20.0. The number of esters is 1. The van der Waals surface area contributed by atoms with Gasteiger partial charge in [-0.3, -0.25) is 14.5 Å². The molecular weight excluding hydrogens is 486 g/mol. The number of anilines is 1. The number of carboxylic acids is 1. The fourth-order valence-corrected chi connectivity index (χ4v) is 4.76. The number of halogens is 1. The Morgan fingerprint density at radius 1 is 1.47 bits per heavy atom. The van der Waals surface area contributed by atoms with Crippen molar-refractivity contribution >= 4 is 70.1 Å². The number of hydrogen-bond donors (Lipinski definition) is 4. The second kappa shape index (κ2) is 10.0. The minimum absolute atomic E-state index is 0. The van der Waals surface area contributed by atoms with Crippen molar-refractivity contribution in [3.8, 4) is 0 Å². The number of oxime groups is 1. The number of carbonyl (C=O) groups is 4. The topological polar surface area (TPSA) is 185 Å². The van der Waals surface area contributed by atoms with Gasteiger partial charge in [0.2, 0.25) is 0 Å². The minimum atomic E-state index is -1.36. The van der Waals surface area contributed by atoms with Gasteiger partial charge in [-0.2, -0.15) is 0 Å². The molecule has 1 aromatic heterocycles. The van der Waals surface area contributed by atoms with E-state index < -0.39 is 40.9 Å². The van der Waals surface area contributed by atoms with Gasteiger partial charge in [0, 0.05) is 22.3 Å². The molecule has 2 amide bonds. The highest BCUT2D eigenvalue weighted by Crippen LogP contribution is 2.40. The first kappa shape index (κ1) is 25.2. The zero-order chi connectivity index (χ0) is 22.9. The summed E-state index contributed by atoms with van der Waals surface area (Å²) in [5.41, 5.74) is 5.23. The Kier molecular flexibility index (Phi) is 7.87. The number of nitrogen functional groups attached to an aromatic ring is 1. The van der Waals surface area contributed by atoms with Gasteiger partial charge in [-0.1, -0.05) is 11.7 Å². The van der Waals surface area contributed by atoms with Crippen LogP contribution in [0.3, 0.4) is 0 Å². The summed E-state index contributed by atoms with van der Waals surface area (Å²) in [5.74, 6) is -3.41. The number of ether oxygens (including phenoxy) is 1. The van der Waals surface area contributed by atoms with Crippen LogP contribution in [0.15, 0.2) is 34.0 Å². The van der Waals surface area contributed by atoms with E-state index in [-0.39, 0.29) is 52.4 Å². The number of rotatable bonds is 7. The predicted octanol–water partition coefficient (Wildman–Crippen LogP) is 0.183. The fourth-order valence-electron chi connectivity index (χ4n) is 2.89. The molecule has 172 valence electrons. The Hall–Kier alpha value is -3.10. The third-order valence-corrected chi connectivity index (χ3v) is 6.36. The minimum Gasteiger partial charge on any atom is -0.477 e. The first-order chi connectivity index (χ1) is 14.6. The fraction of sp³-hybridized carbons (Fsp3) is 0.294. The monoisotopic (exact) mass is 503 g/mol. The van der Waals surface area contributed by atoms with Crippen LogP contribution < -0.4 is 11.1 Å². The van der Waals surface area contributed by atoms with Crippen molar-refractivity contribution in [2.24, 2.45) is 5.16 Å². The van der Waals surface area contributed by atoms with Crippen LogP contribution in [0.4, 0.5) is 5.13 Å². The Labute approximate surface area is 195 Å². The van der Waals surface area contributed by atoms with E-state index in [0.29, 0.717) is 0 Å². The maximum atomic E-state index is 12.6. The van der Waals surface area contributed by atoms with Crippen LogP contribution in [-0.2, 0) is 23.9 Å². The van der Waals surface area contributed by atoms with E-state index >= 15 is 0 Å². The summed E-state index contributed by atoms with van der Waals surface area (Å²) in [7, 11) is 0. The number of aromatic nitrogens is 1. The smallest absolute Gasteiger partial charge is 0.352 e. The standard InChI is InChI=1S/C17H17N5O7S2.ClH/c1-6(2)16(27)29-3-7-4-30-14-10(13(24)22(14)11(7)15(25)26)20-12(23)9(21-28)8-5-31-17(18)19-8;/h5,10,14,28H,1,3-4H2,2H3,(H2,18,19)(H,20,23)(H,25,26);1H/b21-9-;/t10-,14-;/m1./s1. The van der Waals surface area contributed by atoms with Gasteiger partial charge in [0.15, 0.2) is 10.8 Å². The molecule has 2 atom stereocenters. The molecule has 1 fully saturated rings. The van der Waals surface area contributed by atoms with Gasteiger partial charge in [0.05, 0.1) is 0 Å². The molecular formula is C17H18ClN5O7S2. The molecule has 1 aromatic rings. The zero-order valence-corrected chi connectivity index (χ0v) is 18.9. The molecule has 0 aliphatic carbocycles. The number of fused-ring (bicyclic) bond motifs is 1. The zero-order valence-electron chi connectivity index (χ0n) is 16.4. The lowest BCUT2D eigenvalue weighted by molar-refractivity contribution is -0.150. The third kappa shape index (κ3) is 4.71. The molecule has 2 aliphatic heterocycles. The maximum Gasteiger partial charge on any atom is 0.352 e. The number of thioether (sulfide) groups is 1. The molecule has 0 bridgehead atoms. The lowest BCUT2D eigenvalue weighted by Gasteiger charge is -2.49. The molecule has 0 radical (unpaired) electrons. The van der Waals surface area contributed by atoms with Crippen LogP contribution in [0.5, 0.6) is 0 Å². The third-order valence-electron chi connectivity index (χ3n) is 4.34. The number of nitrogens with two attached hydrogens (primary N) is 1. The van der Waals surface area contributed by atoms with E-state index in [1.54, 1.807) is 0 Å². The van der Waals surface area contributed by atoms with Crippen molar-refractivity contribution in [2.45, 2.75) is 18.3 Å². The number of carboxylic acid groups (broad SMARTS) is 1. The number of nitrogens with zero attached hydrogens (tertiary/aromatic N) is 3. The predicted molar refractivity (Wildman–Crippen MR) is 118 cm³/mol. The summed E-state index contributed by atoms with van der Waals surface area (Å²) >= 11 is 2.23. The van der Waals surface area contributed by atoms with Gasteiger partial charge in [0.1, 0.15) is 29.4 Å². The summed E-state index contributed by atoms with van der Waals surface area (Å²) in [6.07, 6.45) is 0. The highest BCUT2D eigenvalue weighted by molar-refractivity contribution is 8.00. The molecule has 0 aromatic carbocycles. The highest BCUT2D eigenvalue weighted by Gasteiger charge is 2.54. The molecule has 12 nitrogen and oxygen atoms in total. The quantitative estimate of drug-likeness (QED) is 0.0998. The summed E-state index contributed by atoms with van der Waals surface area (Å²) in [6.45, 7) is 4.60. The van der Waals surface area contributed by atoms with Crippen LogP contribution in [0.2, 0.25) is 0 Å². The summed E-state index contributed by atoms with van der Waals surface area (Å²) < 4.78 is 5.01. The molecule has 0 unspecified atom stereocenters. The molecule has 3 heterocycles. The molecule has 3 rings (SSSR count). The number of aliphatic carboxylic acids is 1. The molecule has 0 saturated carbocycles. The SMILES string of the molecule is C=C(C)C(=O)OCC1=C(C(=O)O)N2C(=O)[C@@H](NC(=O)/C(=N\O)c3csc(N)n3)[C@H]2SC1.Cl. The number of hydrogen-bond acceptors (Lipinski definition) is 11. The van der Waals surface area contributed by atoms with Crippen LogP contribution in [-0.4, -0.2) is 73.4 Å². The van der Waals surface area contributed by atoms with E-state index in [1.807, 2.05) is 0 Å². The van der Waals surface area contributed by atoms with Gasteiger partial charge in [-0.05, 0) is 6.92 Å². The van der Waals surface area contributed by atoms with Crippen LogP contribution >= 0.6 is 35.5 Å². The van der Waals surface area contributed by atoms with Crippen molar-refractivity contribution in [3.63, 3.8) is 0 Å². The number of nitrogens with one attached hydrogen (secondary N) is 1. The molecule has 1 saturated heterocycles. The number of thiazole rings is 1. The second-order valence-electron chi connectivity index (χ2n) is 6.49. The van der Waals surface area contributed by atoms with Gasteiger partial charge in [-0.15, -0.1) is 35.5 Å². The Balaban J connectivity index is 0.00000363. The van der Waals surface area contributed by atoms with Crippen molar-refractivity contribution in [1.82, 2.24) is 15.2 Å². The van der Waals surface area contributed by atoms with Crippen LogP contribution in [0.1, 0.15) is 12.6 Å². The summed E-state index contributed by atoms with van der Waals surface area (Å²) in [4.78, 5) is 53.4. The van der Waals surface area contributed by atoms with Gasteiger partial charge in [0.25, 0.3) is 11.8 Å². The van der Waals surface area contributed by atoms with E-state index in [2.05, 4.69) is 22.0 Å². The van der Waals surface area contributed by atoms with Crippen molar-refractivity contribution in [3.05, 3.63) is 34.5 Å². The Morgan fingerprint density at radius 3 is 2.69 bits per heavy atom. The Morgan fingerprint density at radius 2 is 2.16 bits per heavy atom. The molecule has 2 aliphatic rings. The van der Waals surface area contributed by atoms with E-state index in [0.717, 1.165) is 16.2 Å². The van der Waals surface area contributed by atoms with E-state index in [1.165, 1.54) is 24.1 Å². The number of amides is 2. The molecule has 15 heteroatoms. The molecule has 5 N–H and O–H groups in total. The largest absolute Gasteiger partial charge is 0.477 e. The maximum absolute atomic E-state index is 12.6. The summed E-state index contributed by atoms with van der Waals surface area (Å²) in [6, 6.07) is -1.04. The average Bonchev–Trinajstić information content (AvgIpc) is 3.15. The first-order valence-electron chi connectivity index (χ1n) is 8.62. The average molecular weight is 504 g/mol. The van der Waals surface area contributed by atoms with E-state index in [4.69, 9.17) is 10.5 Å². The van der Waals surface area contributed by atoms with Crippen molar-refractivity contribution in [2.75, 3.05) is 18.1 Å². The van der Waals surface area contributed by atoms with Crippen LogP contribution in [0, 0.1) is 0 Å². The molecule has 0 spiro atoms. The lowest BCUT2D eigenvalue weighted by atomic mass is 10.0.